The van der Waals surface area contributed by atoms with Crippen molar-refractivity contribution in [3.63, 3.8) is 0 Å². The first-order valence-electron chi connectivity index (χ1n) is 3.81. The Balaban J connectivity index is 2.28. The van der Waals surface area contributed by atoms with Gasteiger partial charge in [0.1, 0.15) is 0 Å². The van der Waals surface area contributed by atoms with Crippen LogP contribution in [-0.2, 0) is 4.79 Å². The molecule has 0 fully saturated rings. The molecule has 0 saturated carbocycles. The maximum Gasteiger partial charge on any atom is 0.223 e. The summed E-state index contributed by atoms with van der Waals surface area (Å²) in [6.07, 6.45) is 8.17. The van der Waals surface area contributed by atoms with Crippen LogP contribution in [-0.4, -0.2) is 16.8 Å². The topological polar surface area (TPSA) is 20.3 Å². The van der Waals surface area contributed by atoms with E-state index in [1.807, 2.05) is 6.20 Å². The van der Waals surface area contributed by atoms with Gasteiger partial charge in [0.15, 0.2) is 0 Å². The Hall–Kier alpha value is -1.05. The van der Waals surface area contributed by atoms with Gasteiger partial charge >= 0.3 is 0 Å². The Morgan fingerprint density at radius 3 is 2.55 bits per heavy atom. The highest BCUT2D eigenvalue weighted by molar-refractivity contribution is 5.76. The van der Waals surface area contributed by atoms with Gasteiger partial charge in [0.25, 0.3) is 0 Å². The summed E-state index contributed by atoms with van der Waals surface area (Å²) >= 11 is 0. The minimum absolute atomic E-state index is 0.124. The molecule has 2 nitrogen and oxygen atoms in total. The molecule has 2 rings (SSSR count). The van der Waals surface area contributed by atoms with E-state index in [0.717, 1.165) is 0 Å². The quantitative estimate of drug-likeness (QED) is 0.475. The summed E-state index contributed by atoms with van der Waals surface area (Å²) in [4.78, 5) is 12.8. The normalized spacial score (nSPS) is 38.7. The fourth-order valence-corrected chi connectivity index (χ4v) is 1.67. The molecule has 0 spiro atoms. The monoisotopic (exact) mass is 149 g/mol. The van der Waals surface area contributed by atoms with Crippen LogP contribution in [0.4, 0.5) is 0 Å². The number of hydrogen-bond acceptors (Lipinski definition) is 1. The van der Waals surface area contributed by atoms with Gasteiger partial charge in [-0.3, -0.25) is 4.79 Å². The number of carbonyl (C=O) groups excluding carboxylic acids is 1. The van der Waals surface area contributed by atoms with Crippen LogP contribution in [0.3, 0.4) is 0 Å². The van der Waals surface area contributed by atoms with Crippen LogP contribution in [0.5, 0.6) is 0 Å². The Labute approximate surface area is 66.2 Å². The molecule has 58 valence electrons. The smallest absolute Gasteiger partial charge is 0.223 e. The predicted molar refractivity (Wildman–Crippen MR) is 42.7 cm³/mol. The van der Waals surface area contributed by atoms with E-state index >= 15 is 0 Å². The van der Waals surface area contributed by atoms with Gasteiger partial charge in [-0.1, -0.05) is 25.2 Å². The lowest BCUT2D eigenvalue weighted by Gasteiger charge is -2.37. The number of carbonyl (C=O) groups is 1. The fourth-order valence-electron chi connectivity index (χ4n) is 1.67. The molecular formula is C9H11NO. The van der Waals surface area contributed by atoms with Gasteiger partial charge in [0.2, 0.25) is 5.91 Å². The van der Waals surface area contributed by atoms with E-state index in [1.165, 1.54) is 0 Å². The minimum atomic E-state index is 0.124. The molecule has 2 heteroatoms. The van der Waals surface area contributed by atoms with Crippen LogP contribution >= 0.6 is 0 Å². The SMILES string of the molecule is CC(=O)N1C=CC2(C)C=CC12. The first kappa shape index (κ1) is 6.65. The van der Waals surface area contributed by atoms with Crippen LogP contribution in [0.2, 0.25) is 0 Å². The van der Waals surface area contributed by atoms with E-state index < -0.39 is 0 Å². The lowest BCUT2D eigenvalue weighted by molar-refractivity contribution is -0.128. The predicted octanol–water partition coefficient (Wildman–Crippen LogP) is 1.31. The van der Waals surface area contributed by atoms with Gasteiger partial charge in [-0.15, -0.1) is 0 Å². The fraction of sp³-hybridized carbons (Fsp3) is 0.444. The average Bonchev–Trinajstić information content (AvgIpc) is 2.12. The van der Waals surface area contributed by atoms with Crippen molar-refractivity contribution < 1.29 is 4.79 Å². The van der Waals surface area contributed by atoms with Crippen molar-refractivity contribution in [2.24, 2.45) is 5.41 Å². The van der Waals surface area contributed by atoms with E-state index in [1.54, 1.807) is 11.8 Å². The molecule has 0 aromatic rings. The molecule has 1 aliphatic carbocycles. The maximum atomic E-state index is 11.0. The molecule has 0 radical (unpaired) electrons. The van der Waals surface area contributed by atoms with E-state index in [0.29, 0.717) is 6.04 Å². The van der Waals surface area contributed by atoms with Gasteiger partial charge < -0.3 is 4.90 Å². The van der Waals surface area contributed by atoms with Crippen molar-refractivity contribution in [2.75, 3.05) is 0 Å². The molecule has 2 aliphatic rings. The summed E-state index contributed by atoms with van der Waals surface area (Å²) in [7, 11) is 0. The molecule has 0 bridgehead atoms. The minimum Gasteiger partial charge on any atom is -0.312 e. The molecular weight excluding hydrogens is 138 g/mol. The Bertz CT molecular complexity index is 267. The highest BCUT2D eigenvalue weighted by Crippen LogP contribution is 2.42. The number of nitrogens with zero attached hydrogens (tertiary/aromatic N) is 1. The average molecular weight is 149 g/mol. The zero-order chi connectivity index (χ0) is 8.06. The summed E-state index contributed by atoms with van der Waals surface area (Å²) in [6, 6.07) is 0.292. The third-order valence-corrected chi connectivity index (χ3v) is 2.53. The van der Waals surface area contributed by atoms with E-state index in [4.69, 9.17) is 0 Å². The Kier molecular flexibility index (Phi) is 1.06. The second kappa shape index (κ2) is 1.76. The van der Waals surface area contributed by atoms with Crippen LogP contribution in [0.15, 0.2) is 24.4 Å². The van der Waals surface area contributed by atoms with Crippen molar-refractivity contribution in [2.45, 2.75) is 19.9 Å². The van der Waals surface area contributed by atoms with Gasteiger partial charge in [0, 0.05) is 18.5 Å². The first-order valence-corrected chi connectivity index (χ1v) is 3.81. The van der Waals surface area contributed by atoms with Crippen LogP contribution in [0, 0.1) is 5.41 Å². The number of rotatable bonds is 0. The van der Waals surface area contributed by atoms with Gasteiger partial charge in [-0.2, -0.15) is 0 Å². The van der Waals surface area contributed by atoms with Crippen molar-refractivity contribution in [3.05, 3.63) is 24.4 Å². The molecule has 11 heavy (non-hydrogen) atoms. The maximum absolute atomic E-state index is 11.0. The number of hydrogen-bond donors (Lipinski definition) is 0. The zero-order valence-corrected chi connectivity index (χ0v) is 6.74. The summed E-state index contributed by atoms with van der Waals surface area (Å²) in [5.74, 6) is 0.124. The molecule has 2 atom stereocenters. The Morgan fingerprint density at radius 2 is 2.27 bits per heavy atom. The summed E-state index contributed by atoms with van der Waals surface area (Å²) in [5, 5.41) is 0. The van der Waals surface area contributed by atoms with Crippen molar-refractivity contribution in [3.8, 4) is 0 Å². The summed E-state index contributed by atoms with van der Waals surface area (Å²) in [5.41, 5.74) is 0.131. The van der Waals surface area contributed by atoms with Gasteiger partial charge in [0.05, 0.1) is 6.04 Å². The number of fused-ring (bicyclic) bond motifs is 1. The van der Waals surface area contributed by atoms with Gasteiger partial charge in [-0.25, -0.2) is 0 Å². The molecule has 0 saturated heterocycles. The summed E-state index contributed by atoms with van der Waals surface area (Å²) in [6.45, 7) is 3.74. The highest BCUT2D eigenvalue weighted by atomic mass is 16.2. The van der Waals surface area contributed by atoms with Crippen molar-refractivity contribution >= 4 is 5.91 Å². The number of amides is 1. The van der Waals surface area contributed by atoms with E-state index in [2.05, 4.69) is 25.2 Å². The zero-order valence-electron chi connectivity index (χ0n) is 6.74. The van der Waals surface area contributed by atoms with Gasteiger partial charge in [-0.05, 0) is 0 Å². The van der Waals surface area contributed by atoms with Crippen molar-refractivity contribution in [1.29, 1.82) is 0 Å². The lowest BCUT2D eigenvalue weighted by atomic mass is 9.75. The largest absolute Gasteiger partial charge is 0.312 e. The lowest BCUT2D eigenvalue weighted by Crippen LogP contribution is -2.43. The third-order valence-electron chi connectivity index (χ3n) is 2.53. The van der Waals surface area contributed by atoms with Crippen LogP contribution in [0.25, 0.3) is 0 Å². The molecule has 0 aromatic carbocycles. The van der Waals surface area contributed by atoms with Crippen LogP contribution in [0.1, 0.15) is 13.8 Å². The molecule has 1 amide bonds. The first-order chi connectivity index (χ1) is 5.13. The van der Waals surface area contributed by atoms with Crippen molar-refractivity contribution in [1.82, 2.24) is 4.90 Å². The second-order valence-electron chi connectivity index (χ2n) is 3.41. The highest BCUT2D eigenvalue weighted by Gasteiger charge is 2.43. The van der Waals surface area contributed by atoms with E-state index in [9.17, 15) is 4.79 Å². The Morgan fingerprint density at radius 1 is 1.55 bits per heavy atom. The summed E-state index contributed by atoms with van der Waals surface area (Å²) < 4.78 is 0. The van der Waals surface area contributed by atoms with E-state index in [-0.39, 0.29) is 11.3 Å². The molecule has 0 aromatic heterocycles. The third kappa shape index (κ3) is 0.694. The molecule has 2 unspecified atom stereocenters. The molecule has 1 heterocycles. The standard InChI is InChI=1S/C9H11NO/c1-7(11)10-6-5-9(2)4-3-8(9)10/h3-6,8H,1-2H3. The molecule has 0 N–H and O–H groups in total. The van der Waals surface area contributed by atoms with Crippen LogP contribution < -0.4 is 0 Å². The second-order valence-corrected chi connectivity index (χ2v) is 3.41. The molecule has 1 aliphatic heterocycles.